The smallest absolute Gasteiger partial charge is 0.356 e. The van der Waals surface area contributed by atoms with Gasteiger partial charge in [0.25, 0.3) is 3.79 Å². The van der Waals surface area contributed by atoms with Crippen molar-refractivity contribution in [3.8, 4) is 0 Å². The molecule has 0 aliphatic heterocycles. The minimum Gasteiger partial charge on any atom is -0.478 e. The van der Waals surface area contributed by atoms with Gasteiger partial charge in [-0.3, -0.25) is 0 Å². The van der Waals surface area contributed by atoms with Crippen LogP contribution in [0.1, 0.15) is 0 Å². The number of hydrogen-bond acceptors (Lipinski definition) is 1. The summed E-state index contributed by atoms with van der Waals surface area (Å²) in [5, 5.41) is 7.85. The van der Waals surface area contributed by atoms with Crippen molar-refractivity contribution in [2.75, 3.05) is 0 Å². The first kappa shape index (κ1) is 12.0. The quantitative estimate of drug-likeness (QED) is 0.537. The molecule has 0 atom stereocenters. The Morgan fingerprint density at radius 1 is 1.38 bits per heavy atom. The van der Waals surface area contributed by atoms with E-state index in [9.17, 15) is 4.79 Å². The second-order valence-electron chi connectivity index (χ2n) is 0.803. The van der Waals surface area contributed by atoms with Crippen LogP contribution in [0, 0.1) is 0 Å². The molecular weight excluding hydrogens is 275 g/mol. The van der Waals surface area contributed by atoms with Gasteiger partial charge < -0.3 is 5.11 Å². The van der Waals surface area contributed by atoms with Crippen LogP contribution in [0.3, 0.4) is 0 Å². The summed E-state index contributed by atoms with van der Waals surface area (Å²) >= 11 is 14.4. The van der Waals surface area contributed by atoms with Gasteiger partial charge in [0.15, 0.2) is 0 Å². The average molecular weight is 276 g/mol. The molecule has 0 aromatic heterocycles. The van der Waals surface area contributed by atoms with Gasteiger partial charge in [-0.1, -0.05) is 34.8 Å². The predicted octanol–water partition coefficient (Wildman–Crippen LogP) is 1.44. The molecule has 0 spiro atoms. The Bertz CT molecular complexity index is 87.8. The van der Waals surface area contributed by atoms with E-state index in [0.29, 0.717) is 0 Å². The summed E-state index contributed by atoms with van der Waals surface area (Å²) in [6, 6.07) is 0. The summed E-state index contributed by atoms with van der Waals surface area (Å²) in [6.45, 7) is 0. The van der Waals surface area contributed by atoms with Crippen molar-refractivity contribution in [2.24, 2.45) is 0 Å². The van der Waals surface area contributed by atoms with Gasteiger partial charge in [-0.15, -0.1) is 0 Å². The van der Waals surface area contributed by atoms with Gasteiger partial charge >= 0.3 is 5.97 Å². The number of alkyl halides is 3. The number of aliphatic carboxylic acids is 1. The van der Waals surface area contributed by atoms with Gasteiger partial charge in [0.05, 0.1) is 0 Å². The van der Waals surface area contributed by atoms with Gasteiger partial charge in [-0.25, -0.2) is 4.79 Å². The van der Waals surface area contributed by atoms with Crippen molar-refractivity contribution in [3.63, 3.8) is 0 Å². The molecule has 0 radical (unpaired) electrons. The maximum absolute atomic E-state index is 9.62. The van der Waals surface area contributed by atoms with E-state index in [-0.39, 0.29) is 27.3 Å². The van der Waals surface area contributed by atoms with Crippen LogP contribution in [0.5, 0.6) is 0 Å². The van der Waals surface area contributed by atoms with Crippen molar-refractivity contribution in [3.05, 3.63) is 0 Å². The standard InChI is InChI=1S/C2HCl3O2.Cd/c3-2(4,5)1(6)7;/h(H,6,7);. The Balaban J connectivity index is 0. The van der Waals surface area contributed by atoms with E-state index < -0.39 is 9.76 Å². The van der Waals surface area contributed by atoms with Crippen molar-refractivity contribution >= 4 is 40.8 Å². The Kier molecular flexibility index (Phi) is 6.20. The zero-order chi connectivity index (χ0) is 6.08. The molecule has 2 nitrogen and oxygen atoms in total. The summed E-state index contributed by atoms with van der Waals surface area (Å²) in [6.07, 6.45) is 0. The number of hydrogen-bond donors (Lipinski definition) is 1. The van der Waals surface area contributed by atoms with Crippen molar-refractivity contribution in [2.45, 2.75) is 3.79 Å². The first-order valence-electron chi connectivity index (χ1n) is 1.24. The summed E-state index contributed by atoms with van der Waals surface area (Å²) in [5.41, 5.74) is 0. The molecule has 0 aromatic carbocycles. The SMILES string of the molecule is O=C(O)C(Cl)(Cl)Cl.[Cd]. The molecular formula is C2HCdCl3O2. The number of carbonyl (C=O) groups is 1. The largest absolute Gasteiger partial charge is 0.478 e. The topological polar surface area (TPSA) is 37.3 Å². The number of carboxylic acids is 1. The van der Waals surface area contributed by atoms with Gasteiger partial charge in [0.2, 0.25) is 0 Å². The van der Waals surface area contributed by atoms with Gasteiger partial charge in [0.1, 0.15) is 0 Å². The van der Waals surface area contributed by atoms with E-state index in [1.54, 1.807) is 0 Å². The Labute approximate surface area is 81.3 Å². The third-order valence-electron chi connectivity index (χ3n) is 0.243. The third kappa shape index (κ3) is 5.40. The van der Waals surface area contributed by atoms with Crippen LogP contribution in [0.2, 0.25) is 0 Å². The van der Waals surface area contributed by atoms with Crippen molar-refractivity contribution in [1.29, 1.82) is 0 Å². The maximum Gasteiger partial charge on any atom is 0.356 e. The first-order valence-corrected chi connectivity index (χ1v) is 2.38. The molecule has 44 valence electrons. The molecule has 0 aliphatic carbocycles. The van der Waals surface area contributed by atoms with Crippen LogP contribution in [0.15, 0.2) is 0 Å². The number of carboxylic acid groups (broad SMARTS) is 1. The average Bonchev–Trinajstić information content (AvgIpc) is 1.31. The van der Waals surface area contributed by atoms with E-state index in [4.69, 9.17) is 39.9 Å². The summed E-state index contributed by atoms with van der Waals surface area (Å²) in [5.74, 6) is -1.46. The van der Waals surface area contributed by atoms with Gasteiger partial charge in [-0.05, 0) is 0 Å². The molecule has 1 N–H and O–H groups in total. The fourth-order valence-electron chi connectivity index (χ4n) is 0. The van der Waals surface area contributed by atoms with Crippen LogP contribution in [0.4, 0.5) is 0 Å². The predicted molar refractivity (Wildman–Crippen MR) is 27.9 cm³/mol. The molecule has 0 amide bonds. The van der Waals surface area contributed by atoms with Crippen LogP contribution in [-0.4, -0.2) is 14.9 Å². The van der Waals surface area contributed by atoms with Crippen molar-refractivity contribution in [1.82, 2.24) is 0 Å². The molecule has 0 saturated carbocycles. The second-order valence-corrected chi connectivity index (χ2v) is 3.08. The molecule has 0 aromatic rings. The van der Waals surface area contributed by atoms with E-state index >= 15 is 0 Å². The fraction of sp³-hybridized carbons (Fsp3) is 0.500. The molecule has 0 bridgehead atoms. The monoisotopic (exact) mass is 276 g/mol. The zero-order valence-corrected chi connectivity index (χ0v) is 10.0. The van der Waals surface area contributed by atoms with Crippen molar-refractivity contribution < 1.29 is 37.2 Å². The summed E-state index contributed by atoms with van der Waals surface area (Å²) in [7, 11) is 0. The minimum absolute atomic E-state index is 0. The van der Waals surface area contributed by atoms with Crippen LogP contribution in [0.25, 0.3) is 0 Å². The number of halogens is 3. The molecule has 6 heteroatoms. The molecule has 0 fully saturated rings. The first-order chi connectivity index (χ1) is 2.94. The second kappa shape index (κ2) is 4.14. The molecule has 0 saturated heterocycles. The molecule has 0 unspecified atom stereocenters. The Morgan fingerprint density at radius 2 is 1.50 bits per heavy atom. The molecule has 8 heavy (non-hydrogen) atoms. The number of rotatable bonds is 0. The minimum atomic E-state index is -2.17. The normalized spacial score (nSPS) is 9.88. The summed E-state index contributed by atoms with van der Waals surface area (Å²) in [4.78, 5) is 9.62. The van der Waals surface area contributed by atoms with Crippen LogP contribution >= 0.6 is 34.8 Å². The summed E-state index contributed by atoms with van der Waals surface area (Å²) < 4.78 is -2.17. The van der Waals surface area contributed by atoms with E-state index in [1.165, 1.54) is 0 Å². The van der Waals surface area contributed by atoms with E-state index in [1.807, 2.05) is 0 Å². The molecule has 0 aliphatic rings. The van der Waals surface area contributed by atoms with E-state index in [0.717, 1.165) is 0 Å². The van der Waals surface area contributed by atoms with Crippen LogP contribution < -0.4 is 0 Å². The molecule has 0 rings (SSSR count). The zero-order valence-electron chi connectivity index (χ0n) is 3.70. The Hall–Kier alpha value is 1.26. The third-order valence-corrected chi connectivity index (χ3v) is 0.728. The van der Waals surface area contributed by atoms with Gasteiger partial charge in [-0.2, -0.15) is 0 Å². The fourth-order valence-corrected chi connectivity index (χ4v) is 0. The Morgan fingerprint density at radius 3 is 1.50 bits per heavy atom. The van der Waals surface area contributed by atoms with E-state index in [2.05, 4.69) is 0 Å². The maximum atomic E-state index is 9.62. The van der Waals surface area contributed by atoms with Crippen LogP contribution in [-0.2, 0) is 32.1 Å². The van der Waals surface area contributed by atoms with Gasteiger partial charge in [0, 0.05) is 27.3 Å². The molecule has 0 heterocycles.